The third kappa shape index (κ3) is 5.96. The fraction of sp³-hybridized carbons (Fsp3) is 0.344. The molecule has 1 heterocycles. The lowest BCUT2D eigenvalue weighted by atomic mass is 9.59. The summed E-state index contributed by atoms with van der Waals surface area (Å²) in [6.07, 6.45) is 0.573. The highest BCUT2D eigenvalue weighted by Crippen LogP contribution is 2.56. The molecular formula is C32H34Cl2FN3O4. The lowest BCUT2D eigenvalue weighted by molar-refractivity contribution is -0.142. The maximum absolute atomic E-state index is 14.7. The molecule has 0 radical (unpaired) electrons. The number of piperidine rings is 1. The third-order valence-corrected chi connectivity index (χ3v) is 8.45. The molecule has 3 aromatic carbocycles. The van der Waals surface area contributed by atoms with E-state index in [1.807, 2.05) is 13.8 Å². The number of carbonyl (C=O) groups excluding carboxylic acids is 3. The molecule has 3 aromatic rings. The Kier molecular flexibility index (Phi) is 8.90. The topological polar surface area (TPSA) is 87.7 Å². The van der Waals surface area contributed by atoms with E-state index in [9.17, 15) is 18.8 Å². The van der Waals surface area contributed by atoms with Crippen LogP contribution in [-0.2, 0) is 19.8 Å². The van der Waals surface area contributed by atoms with Gasteiger partial charge in [0.05, 0.1) is 6.04 Å². The van der Waals surface area contributed by atoms with Gasteiger partial charge in [-0.15, -0.1) is 0 Å². The van der Waals surface area contributed by atoms with Crippen molar-refractivity contribution in [1.82, 2.24) is 10.2 Å². The van der Waals surface area contributed by atoms with Gasteiger partial charge in [-0.2, -0.15) is 0 Å². The number of likely N-dealkylation sites (N-methyl/N-ethyl adjacent to an activating group) is 1. The minimum atomic E-state index is -1.25. The Labute approximate surface area is 255 Å². The van der Waals surface area contributed by atoms with Gasteiger partial charge in [-0.05, 0) is 79.9 Å². The molecule has 7 nitrogen and oxygen atoms in total. The van der Waals surface area contributed by atoms with Crippen molar-refractivity contribution < 1.29 is 23.5 Å². The normalized spacial score (nSPS) is 20.5. The number of carbonyl (C=O) groups is 3. The van der Waals surface area contributed by atoms with Gasteiger partial charge in [0.2, 0.25) is 12.3 Å². The molecule has 3 atom stereocenters. The van der Waals surface area contributed by atoms with Crippen LogP contribution < -0.4 is 15.4 Å². The van der Waals surface area contributed by atoms with Gasteiger partial charge in [0.15, 0.2) is 5.60 Å². The lowest BCUT2D eigenvalue weighted by Crippen LogP contribution is -2.52. The number of nitrogens with one attached hydrogen (secondary N) is 2. The summed E-state index contributed by atoms with van der Waals surface area (Å²) in [4.78, 5) is 39.6. The first-order valence-electron chi connectivity index (χ1n) is 13.4. The highest BCUT2D eigenvalue weighted by atomic mass is 35.5. The number of halogens is 3. The molecule has 0 bridgehead atoms. The molecule has 1 aliphatic rings. The average molecular weight is 615 g/mol. The van der Waals surface area contributed by atoms with Crippen LogP contribution in [0.25, 0.3) is 0 Å². The predicted octanol–water partition coefficient (Wildman–Crippen LogP) is 6.56. The lowest BCUT2D eigenvalue weighted by Gasteiger charge is -2.49. The van der Waals surface area contributed by atoms with Crippen LogP contribution >= 0.6 is 23.2 Å². The van der Waals surface area contributed by atoms with Crippen LogP contribution in [0, 0.1) is 12.7 Å². The molecule has 1 saturated heterocycles. The van der Waals surface area contributed by atoms with Gasteiger partial charge in [-0.1, -0.05) is 42.3 Å². The first kappa shape index (κ1) is 31.3. The highest BCUT2D eigenvalue weighted by molar-refractivity contribution is 6.31. The van der Waals surface area contributed by atoms with E-state index in [1.165, 1.54) is 17.0 Å². The van der Waals surface area contributed by atoms with Gasteiger partial charge in [-0.25, -0.2) is 4.39 Å². The maximum atomic E-state index is 14.7. The summed E-state index contributed by atoms with van der Waals surface area (Å²) in [6, 6.07) is 13.9. The smallest absolute Gasteiger partial charge is 0.265 e. The van der Waals surface area contributed by atoms with Crippen molar-refractivity contribution in [3.63, 3.8) is 0 Å². The largest absolute Gasteiger partial charge is 0.478 e. The number of anilines is 1. The van der Waals surface area contributed by atoms with E-state index < -0.39 is 28.8 Å². The minimum Gasteiger partial charge on any atom is -0.478 e. The summed E-state index contributed by atoms with van der Waals surface area (Å²) in [5, 5.41) is 6.66. The Balaban J connectivity index is 2.03. The van der Waals surface area contributed by atoms with Crippen molar-refractivity contribution in [2.45, 2.75) is 57.1 Å². The number of aryl methyl sites for hydroxylation is 1. The molecule has 10 heteroatoms. The Morgan fingerprint density at radius 3 is 2.43 bits per heavy atom. The number of nitrogens with zero attached hydrogens (tertiary/aromatic N) is 1. The first-order valence-corrected chi connectivity index (χ1v) is 14.2. The van der Waals surface area contributed by atoms with Gasteiger partial charge in [0.1, 0.15) is 11.6 Å². The zero-order valence-electron chi connectivity index (χ0n) is 24.3. The Hall–Kier alpha value is -3.62. The van der Waals surface area contributed by atoms with Crippen LogP contribution in [0.3, 0.4) is 0 Å². The predicted molar refractivity (Wildman–Crippen MR) is 163 cm³/mol. The van der Waals surface area contributed by atoms with Gasteiger partial charge >= 0.3 is 0 Å². The van der Waals surface area contributed by atoms with E-state index in [-0.39, 0.29) is 18.2 Å². The molecule has 42 heavy (non-hydrogen) atoms. The van der Waals surface area contributed by atoms with Crippen molar-refractivity contribution in [3.8, 4) is 5.75 Å². The van der Waals surface area contributed by atoms with Crippen LogP contribution in [0.4, 0.5) is 10.1 Å². The fourth-order valence-electron chi connectivity index (χ4n) is 5.98. The number of ether oxygens (including phenoxy) is 1. The molecule has 0 aliphatic carbocycles. The van der Waals surface area contributed by atoms with Gasteiger partial charge in [0, 0.05) is 53.1 Å². The summed E-state index contributed by atoms with van der Waals surface area (Å²) >= 11 is 12.9. The number of rotatable bonds is 8. The molecule has 3 unspecified atom stereocenters. The zero-order valence-corrected chi connectivity index (χ0v) is 25.9. The average Bonchev–Trinajstić information content (AvgIpc) is 2.92. The standard InChI is InChI=1S/C32H34Cl2FN3O4/c1-18-7-10-21(35)15-22(18)29-32(4,24-11-8-20(34)14-26(24)36-17-39)25(16-28(40)37-29)23-13-19(33)9-12-27(23)42-31(2,3)30(41)38(5)6/h7-15,17,25,29H,16H2,1-6H3,(H,36,39)(H,37,40). The fourth-order valence-corrected chi connectivity index (χ4v) is 6.33. The number of hydrogen-bond acceptors (Lipinski definition) is 4. The molecule has 1 aliphatic heterocycles. The molecule has 0 saturated carbocycles. The second kappa shape index (κ2) is 11.9. The van der Waals surface area contributed by atoms with Crippen LogP contribution in [-0.4, -0.2) is 42.8 Å². The monoisotopic (exact) mass is 613 g/mol. The highest BCUT2D eigenvalue weighted by Gasteiger charge is 2.51. The molecule has 0 spiro atoms. The second-order valence-corrected chi connectivity index (χ2v) is 12.4. The van der Waals surface area contributed by atoms with E-state index in [1.54, 1.807) is 70.4 Å². The van der Waals surface area contributed by atoms with Gasteiger partial charge in [-0.3, -0.25) is 14.4 Å². The van der Waals surface area contributed by atoms with Crippen molar-refractivity contribution in [1.29, 1.82) is 0 Å². The summed E-state index contributed by atoms with van der Waals surface area (Å²) in [5.41, 5.74) is 0.775. The van der Waals surface area contributed by atoms with Crippen molar-refractivity contribution in [3.05, 3.63) is 92.7 Å². The van der Waals surface area contributed by atoms with E-state index in [0.717, 1.165) is 5.56 Å². The zero-order chi connectivity index (χ0) is 31.0. The first-order chi connectivity index (χ1) is 19.7. The van der Waals surface area contributed by atoms with Gasteiger partial charge in [0.25, 0.3) is 5.91 Å². The second-order valence-electron chi connectivity index (χ2n) is 11.5. The maximum Gasteiger partial charge on any atom is 0.265 e. The summed E-state index contributed by atoms with van der Waals surface area (Å²) in [7, 11) is 3.29. The Morgan fingerprint density at radius 2 is 1.76 bits per heavy atom. The van der Waals surface area contributed by atoms with E-state index in [2.05, 4.69) is 10.6 Å². The van der Waals surface area contributed by atoms with E-state index in [4.69, 9.17) is 27.9 Å². The molecule has 2 N–H and O–H groups in total. The van der Waals surface area contributed by atoms with Crippen LogP contribution in [0.5, 0.6) is 5.75 Å². The SMILES string of the molecule is Cc1ccc(F)cc1C1NC(=O)CC(c2cc(Cl)ccc2OC(C)(C)C(=O)N(C)C)C1(C)c1ccc(Cl)cc1NC=O. The number of benzene rings is 3. The van der Waals surface area contributed by atoms with E-state index in [0.29, 0.717) is 44.6 Å². The molecule has 4 rings (SSSR count). The minimum absolute atomic E-state index is 0.0171. The summed E-state index contributed by atoms with van der Waals surface area (Å²) < 4.78 is 21.1. The number of hydrogen-bond donors (Lipinski definition) is 2. The molecule has 1 fully saturated rings. The molecule has 3 amide bonds. The van der Waals surface area contributed by atoms with Crippen molar-refractivity contribution in [2.75, 3.05) is 19.4 Å². The summed E-state index contributed by atoms with van der Waals surface area (Å²) in [6.45, 7) is 7.14. The summed E-state index contributed by atoms with van der Waals surface area (Å²) in [5.74, 6) is -1.20. The van der Waals surface area contributed by atoms with Crippen molar-refractivity contribution in [2.24, 2.45) is 0 Å². The van der Waals surface area contributed by atoms with E-state index >= 15 is 0 Å². The molecular weight excluding hydrogens is 580 g/mol. The molecule has 222 valence electrons. The van der Waals surface area contributed by atoms with Crippen molar-refractivity contribution >= 4 is 47.1 Å². The van der Waals surface area contributed by atoms with Crippen LogP contribution in [0.1, 0.15) is 61.4 Å². The Bertz CT molecular complexity index is 1540. The van der Waals surface area contributed by atoms with Crippen LogP contribution in [0.2, 0.25) is 10.0 Å². The quantitative estimate of drug-likeness (QED) is 0.282. The van der Waals surface area contributed by atoms with Gasteiger partial charge < -0.3 is 20.3 Å². The molecule has 0 aromatic heterocycles. The number of amides is 3. The Morgan fingerprint density at radius 1 is 1.10 bits per heavy atom. The third-order valence-electron chi connectivity index (χ3n) is 7.98. The van der Waals surface area contributed by atoms with Crippen LogP contribution in [0.15, 0.2) is 54.6 Å².